The van der Waals surface area contributed by atoms with Gasteiger partial charge in [0.15, 0.2) is 0 Å². The summed E-state index contributed by atoms with van der Waals surface area (Å²) in [4.78, 5) is 0. The van der Waals surface area contributed by atoms with Crippen LogP contribution in [0.1, 0.15) is 0 Å². The number of phenols is 2. The van der Waals surface area contributed by atoms with Gasteiger partial charge in [-0.2, -0.15) is 0 Å². The third-order valence-corrected chi connectivity index (χ3v) is 1.51. The summed E-state index contributed by atoms with van der Waals surface area (Å²) in [6, 6.07) is 17.4. The fourth-order valence-corrected chi connectivity index (χ4v) is 0.856. The molecule has 0 saturated heterocycles. The number of para-hydroxylation sites is 2. The summed E-state index contributed by atoms with van der Waals surface area (Å²) < 4.78 is 0. The van der Waals surface area contributed by atoms with Gasteiger partial charge >= 0.3 is 59.1 Å². The summed E-state index contributed by atoms with van der Waals surface area (Å²) >= 11 is 2.94. The number of hydrogen-bond donors (Lipinski definition) is 2. The van der Waals surface area contributed by atoms with Crippen molar-refractivity contribution >= 4 is 15.9 Å². The maximum Gasteiger partial charge on any atom is 1.00 e. The van der Waals surface area contributed by atoms with Crippen LogP contribution in [-0.2, 0) is 0 Å². The van der Waals surface area contributed by atoms with Crippen LogP contribution in [0.4, 0.5) is 0 Å². The van der Waals surface area contributed by atoms with Crippen molar-refractivity contribution in [2.24, 2.45) is 0 Å². The molecule has 0 aromatic heterocycles. The van der Waals surface area contributed by atoms with E-state index in [0.717, 1.165) is 0 Å². The number of halogens is 2. The summed E-state index contributed by atoms with van der Waals surface area (Å²) in [6.45, 7) is 0. The van der Waals surface area contributed by atoms with Gasteiger partial charge in [0.05, 0.1) is 0 Å². The quantitative estimate of drug-likeness (QED) is 0.313. The molecule has 0 bridgehead atoms. The Morgan fingerprint density at radius 3 is 0.952 bits per heavy atom. The Kier molecular flexibility index (Phi) is 52.3. The van der Waals surface area contributed by atoms with Crippen molar-refractivity contribution < 1.29 is 97.3 Å². The van der Waals surface area contributed by atoms with Gasteiger partial charge in [-0.15, -0.1) is 0 Å². The molecule has 21 heavy (non-hydrogen) atoms. The maximum absolute atomic E-state index is 8.63. The first-order valence-electron chi connectivity index (χ1n) is 4.65. The van der Waals surface area contributed by atoms with E-state index in [-0.39, 0.29) is 87.0 Å². The molecule has 2 aromatic rings. The monoisotopic (exact) mass is 442 g/mol. The number of benzene rings is 2. The van der Waals surface area contributed by atoms with Crippen LogP contribution in [0, 0.1) is 0 Å². The standard InChI is InChI=1S/2C6H6O.CH3Br.BrH.2Na.2H2O/c2*7-6-4-2-1-3-5-6;1-2;;;;;/h2*1-5,7H;1H3;1H;;;2*1H2/q;;;;2*+1;;/p-2. The topological polar surface area (TPSA) is 102 Å². The van der Waals surface area contributed by atoms with Gasteiger partial charge in [0.1, 0.15) is 11.5 Å². The Morgan fingerprint density at radius 2 is 0.857 bits per heavy atom. The van der Waals surface area contributed by atoms with E-state index in [2.05, 4.69) is 15.9 Å². The molecule has 2 rings (SSSR count). The molecule has 0 atom stereocenters. The molecule has 0 fully saturated rings. The van der Waals surface area contributed by atoms with Crippen LogP contribution in [0.25, 0.3) is 0 Å². The average Bonchev–Trinajstić information content (AvgIpc) is 2.34. The number of hydrogen-bond acceptors (Lipinski definition) is 3. The first-order chi connectivity index (χ1) is 7.79. The van der Waals surface area contributed by atoms with Crippen LogP contribution >= 0.6 is 15.9 Å². The average molecular weight is 444 g/mol. The molecule has 5 N–H and O–H groups in total. The van der Waals surface area contributed by atoms with E-state index in [4.69, 9.17) is 10.2 Å². The minimum atomic E-state index is 0. The molecule has 0 spiro atoms. The van der Waals surface area contributed by atoms with E-state index < -0.39 is 0 Å². The molecule has 0 amide bonds. The Morgan fingerprint density at radius 1 is 0.667 bits per heavy atom. The third kappa shape index (κ3) is 26.2. The maximum atomic E-state index is 8.63. The zero-order chi connectivity index (χ0) is 12.2. The van der Waals surface area contributed by atoms with Gasteiger partial charge in [-0.05, 0) is 30.1 Å². The molecule has 0 aliphatic rings. The first kappa shape index (κ1) is 37.9. The number of rotatable bonds is 0. The molecular weight excluding hydrogens is 426 g/mol. The van der Waals surface area contributed by atoms with Crippen molar-refractivity contribution in [2.45, 2.75) is 0 Å². The summed E-state index contributed by atoms with van der Waals surface area (Å²) in [5.41, 5.74) is 0. The second-order valence-electron chi connectivity index (χ2n) is 2.67. The van der Waals surface area contributed by atoms with E-state index in [9.17, 15) is 0 Å². The molecule has 0 saturated carbocycles. The molecule has 0 unspecified atom stereocenters. The first-order valence-corrected chi connectivity index (χ1v) is 6.23. The summed E-state index contributed by atoms with van der Waals surface area (Å²) in [5.74, 6) is 2.46. The second-order valence-corrected chi connectivity index (χ2v) is 2.67. The molecule has 0 aliphatic carbocycles. The smallest absolute Gasteiger partial charge is 1.00 e. The normalized spacial score (nSPS) is 6.00. The predicted molar refractivity (Wildman–Crippen MR) is 76.6 cm³/mol. The summed E-state index contributed by atoms with van der Waals surface area (Å²) in [7, 11) is 0. The van der Waals surface area contributed by atoms with E-state index >= 15 is 0 Å². The predicted octanol–water partition coefficient (Wildman–Crippen LogP) is -6.19. The molecule has 2 aromatic carbocycles. The largest absolute Gasteiger partial charge is 1.00 e. The Labute approximate surface area is 189 Å². The van der Waals surface area contributed by atoms with Crippen LogP contribution in [-0.4, -0.2) is 27.0 Å². The molecule has 0 aliphatic heterocycles. The minimum absolute atomic E-state index is 0. The SMILES string of the molecule is CBr.O.Oc1ccccc1.Oc1ccccc1.[Br-].[Na+].[Na+].[OH-]. The van der Waals surface area contributed by atoms with Gasteiger partial charge in [0, 0.05) is 0 Å². The van der Waals surface area contributed by atoms with Gasteiger partial charge in [-0.1, -0.05) is 52.3 Å². The molecule has 110 valence electrons. The molecular formula is C13H18Br2Na2O4. The number of aromatic hydroxyl groups is 2. The van der Waals surface area contributed by atoms with Crippen molar-refractivity contribution in [1.82, 2.24) is 0 Å². The zero-order valence-corrected chi connectivity index (χ0v) is 19.5. The Balaban J connectivity index is -0.0000000395. The van der Waals surface area contributed by atoms with E-state index in [0.29, 0.717) is 11.5 Å². The summed E-state index contributed by atoms with van der Waals surface area (Å²) in [5, 5.41) is 17.3. The molecule has 0 heterocycles. The van der Waals surface area contributed by atoms with Crippen molar-refractivity contribution in [3.05, 3.63) is 60.7 Å². The van der Waals surface area contributed by atoms with Crippen LogP contribution in [0.5, 0.6) is 11.5 Å². The Hall–Kier alpha value is 0.920. The Bertz CT molecular complexity index is 330. The van der Waals surface area contributed by atoms with Gasteiger partial charge in [-0.25, -0.2) is 0 Å². The van der Waals surface area contributed by atoms with Crippen LogP contribution < -0.4 is 76.1 Å². The second kappa shape index (κ2) is 29.0. The number of phenolic OH excluding ortho intramolecular Hbond substituents is 2. The van der Waals surface area contributed by atoms with Crippen molar-refractivity contribution in [2.75, 3.05) is 5.83 Å². The third-order valence-electron chi connectivity index (χ3n) is 1.51. The fraction of sp³-hybridized carbons (Fsp3) is 0.0769. The fourth-order valence-electron chi connectivity index (χ4n) is 0.856. The van der Waals surface area contributed by atoms with Crippen molar-refractivity contribution in [3.63, 3.8) is 0 Å². The van der Waals surface area contributed by atoms with Gasteiger partial charge in [0.2, 0.25) is 0 Å². The van der Waals surface area contributed by atoms with Gasteiger partial charge in [0.25, 0.3) is 0 Å². The number of alkyl halides is 1. The molecule has 4 nitrogen and oxygen atoms in total. The minimum Gasteiger partial charge on any atom is -1.00 e. The van der Waals surface area contributed by atoms with E-state index in [1.807, 2.05) is 18.0 Å². The van der Waals surface area contributed by atoms with Crippen LogP contribution in [0.2, 0.25) is 0 Å². The van der Waals surface area contributed by atoms with Crippen LogP contribution in [0.3, 0.4) is 0 Å². The van der Waals surface area contributed by atoms with Crippen LogP contribution in [0.15, 0.2) is 60.7 Å². The van der Waals surface area contributed by atoms with Crippen molar-refractivity contribution in [3.8, 4) is 11.5 Å². The summed E-state index contributed by atoms with van der Waals surface area (Å²) in [6.07, 6.45) is 0. The van der Waals surface area contributed by atoms with Gasteiger partial charge in [-0.3, -0.25) is 0 Å². The van der Waals surface area contributed by atoms with Crippen molar-refractivity contribution in [1.29, 1.82) is 0 Å². The molecule has 8 heteroatoms. The van der Waals surface area contributed by atoms with E-state index in [1.54, 1.807) is 48.5 Å². The molecule has 0 radical (unpaired) electrons. The zero-order valence-electron chi connectivity index (χ0n) is 12.4. The van der Waals surface area contributed by atoms with Gasteiger partial charge < -0.3 is 38.1 Å². The van der Waals surface area contributed by atoms with E-state index in [1.165, 1.54) is 0 Å².